The topological polar surface area (TPSA) is 46.2 Å². The highest BCUT2D eigenvalue weighted by atomic mass is 32.2. The lowest BCUT2D eigenvalue weighted by Crippen LogP contribution is -2.16. The average molecular weight is 106 g/mol. The van der Waals surface area contributed by atoms with Crippen LogP contribution in [0.15, 0.2) is 0 Å². The standard InChI is InChI=1S/C3H8NOS/c4-6(5)3-1-2-3/h3,5H,1-2,4H2/q+1. The molecule has 1 unspecified atom stereocenters. The van der Waals surface area contributed by atoms with Crippen LogP contribution in [0.2, 0.25) is 0 Å². The third-order valence-corrected chi connectivity index (χ3v) is 2.02. The molecule has 1 atom stereocenters. The fourth-order valence-corrected chi connectivity index (χ4v) is 0.929. The fourth-order valence-electron chi connectivity index (χ4n) is 0.310. The van der Waals surface area contributed by atoms with E-state index in [0.29, 0.717) is 5.25 Å². The van der Waals surface area contributed by atoms with Crippen LogP contribution in [0.3, 0.4) is 0 Å². The molecule has 0 aromatic rings. The molecule has 1 saturated carbocycles. The van der Waals surface area contributed by atoms with Crippen LogP contribution in [0.4, 0.5) is 0 Å². The van der Waals surface area contributed by atoms with Crippen LogP contribution >= 0.6 is 0 Å². The highest BCUT2D eigenvalue weighted by Gasteiger charge is 2.38. The van der Waals surface area contributed by atoms with Crippen molar-refractivity contribution in [1.29, 1.82) is 0 Å². The Hall–Kier alpha value is 0.270. The molecular formula is C3H8NOS+. The molecule has 0 radical (unpaired) electrons. The van der Waals surface area contributed by atoms with Gasteiger partial charge in [0.15, 0.2) is 5.25 Å². The summed E-state index contributed by atoms with van der Waals surface area (Å²) >= 11 is -0.756. The molecule has 0 bridgehead atoms. The zero-order valence-corrected chi connectivity index (χ0v) is 4.24. The summed E-state index contributed by atoms with van der Waals surface area (Å²) in [6.07, 6.45) is 2.27. The summed E-state index contributed by atoms with van der Waals surface area (Å²) in [5.41, 5.74) is 0. The zero-order chi connectivity index (χ0) is 4.57. The summed E-state index contributed by atoms with van der Waals surface area (Å²) in [7, 11) is 0. The summed E-state index contributed by atoms with van der Waals surface area (Å²) in [6, 6.07) is 0. The minimum Gasteiger partial charge on any atom is -0.167 e. The normalized spacial score (nSPS) is 27.0. The molecule has 0 aromatic heterocycles. The molecular weight excluding hydrogens is 98.1 g/mol. The first-order valence-electron chi connectivity index (χ1n) is 1.97. The SMILES string of the molecule is N[S+](O)C1CC1. The van der Waals surface area contributed by atoms with E-state index in [1.807, 2.05) is 0 Å². The van der Waals surface area contributed by atoms with Crippen LogP contribution in [-0.2, 0) is 11.4 Å². The van der Waals surface area contributed by atoms with Crippen LogP contribution < -0.4 is 5.14 Å². The van der Waals surface area contributed by atoms with Crippen molar-refractivity contribution in [1.82, 2.24) is 0 Å². The maximum Gasteiger partial charge on any atom is 0.235 e. The van der Waals surface area contributed by atoms with Crippen LogP contribution in [0.5, 0.6) is 0 Å². The Kier molecular flexibility index (Phi) is 1.04. The van der Waals surface area contributed by atoms with Gasteiger partial charge in [-0.25, -0.2) is 0 Å². The van der Waals surface area contributed by atoms with E-state index in [4.69, 9.17) is 9.69 Å². The van der Waals surface area contributed by atoms with Crippen molar-refractivity contribution in [3.8, 4) is 0 Å². The summed E-state index contributed by atoms with van der Waals surface area (Å²) in [5.74, 6) is 0. The van der Waals surface area contributed by atoms with E-state index in [2.05, 4.69) is 0 Å². The molecule has 1 fully saturated rings. The van der Waals surface area contributed by atoms with Crippen molar-refractivity contribution in [3.63, 3.8) is 0 Å². The van der Waals surface area contributed by atoms with Gasteiger partial charge in [-0.2, -0.15) is 4.55 Å². The van der Waals surface area contributed by atoms with Crippen molar-refractivity contribution in [2.75, 3.05) is 0 Å². The molecule has 2 nitrogen and oxygen atoms in total. The molecule has 0 amide bonds. The lowest BCUT2D eigenvalue weighted by Gasteiger charge is -1.79. The molecule has 0 spiro atoms. The molecule has 0 heterocycles. The second kappa shape index (κ2) is 1.40. The molecule has 1 aliphatic carbocycles. The Bertz CT molecular complexity index is 52.8. The molecule has 3 N–H and O–H groups in total. The smallest absolute Gasteiger partial charge is 0.167 e. The highest BCUT2D eigenvalue weighted by molar-refractivity contribution is 7.90. The number of hydrogen-bond donors (Lipinski definition) is 2. The van der Waals surface area contributed by atoms with Crippen LogP contribution in [0, 0.1) is 0 Å². The van der Waals surface area contributed by atoms with E-state index < -0.39 is 11.4 Å². The third kappa shape index (κ3) is 0.864. The molecule has 36 valence electrons. The second-order valence-corrected chi connectivity index (χ2v) is 2.91. The van der Waals surface area contributed by atoms with Gasteiger partial charge in [-0.1, -0.05) is 0 Å². The van der Waals surface area contributed by atoms with Gasteiger partial charge >= 0.3 is 0 Å². The van der Waals surface area contributed by atoms with Crippen molar-refractivity contribution < 1.29 is 4.55 Å². The molecule has 1 rings (SSSR count). The molecule has 0 saturated heterocycles. The Morgan fingerprint density at radius 1 is 1.67 bits per heavy atom. The largest absolute Gasteiger partial charge is 0.235 e. The first-order chi connectivity index (χ1) is 2.80. The van der Waals surface area contributed by atoms with Crippen molar-refractivity contribution in [3.05, 3.63) is 0 Å². The summed E-state index contributed by atoms with van der Waals surface area (Å²) < 4.78 is 8.50. The predicted octanol–water partition coefficient (Wildman–Crippen LogP) is 0.114. The quantitative estimate of drug-likeness (QED) is 0.466. The van der Waals surface area contributed by atoms with Crippen LogP contribution in [-0.4, -0.2) is 9.80 Å². The second-order valence-electron chi connectivity index (χ2n) is 1.55. The van der Waals surface area contributed by atoms with Gasteiger partial charge in [0.1, 0.15) is 0 Å². The number of hydrogen-bond acceptors (Lipinski definition) is 2. The fraction of sp³-hybridized carbons (Fsp3) is 1.00. The Morgan fingerprint density at radius 2 is 2.17 bits per heavy atom. The number of rotatable bonds is 1. The lowest BCUT2D eigenvalue weighted by atomic mass is 11.0. The van der Waals surface area contributed by atoms with Gasteiger partial charge in [0, 0.05) is 12.8 Å². The summed E-state index contributed by atoms with van der Waals surface area (Å²) in [5, 5.41) is 5.54. The van der Waals surface area contributed by atoms with Crippen LogP contribution in [0.25, 0.3) is 0 Å². The van der Waals surface area contributed by atoms with Crippen molar-refractivity contribution >= 4 is 11.4 Å². The minimum absolute atomic E-state index is 0.463. The first-order valence-corrected chi connectivity index (χ1v) is 3.28. The number of nitrogens with two attached hydrogens (primary N) is 1. The monoisotopic (exact) mass is 106 g/mol. The van der Waals surface area contributed by atoms with E-state index >= 15 is 0 Å². The van der Waals surface area contributed by atoms with E-state index in [0.717, 1.165) is 12.8 Å². The summed E-state index contributed by atoms with van der Waals surface area (Å²) in [6.45, 7) is 0. The first kappa shape index (κ1) is 4.43. The lowest BCUT2D eigenvalue weighted by molar-refractivity contribution is 0.639. The molecule has 0 aliphatic heterocycles. The maximum absolute atomic E-state index is 8.50. The Labute approximate surface area is 40.0 Å². The third-order valence-electron chi connectivity index (χ3n) is 0.866. The molecule has 1 aliphatic rings. The molecule has 0 aromatic carbocycles. The van der Waals surface area contributed by atoms with Gasteiger partial charge in [0.05, 0.1) is 0 Å². The molecule has 6 heavy (non-hydrogen) atoms. The molecule has 3 heteroatoms. The van der Waals surface area contributed by atoms with Gasteiger partial charge in [0.2, 0.25) is 11.4 Å². The van der Waals surface area contributed by atoms with Gasteiger partial charge in [-0.15, -0.1) is 5.14 Å². The van der Waals surface area contributed by atoms with E-state index in [1.165, 1.54) is 0 Å². The van der Waals surface area contributed by atoms with E-state index in [9.17, 15) is 0 Å². The maximum atomic E-state index is 8.50. The highest BCUT2D eigenvalue weighted by Crippen LogP contribution is 2.25. The average Bonchev–Trinajstić information content (AvgIpc) is 2.06. The van der Waals surface area contributed by atoms with Crippen molar-refractivity contribution in [2.45, 2.75) is 18.1 Å². The van der Waals surface area contributed by atoms with Gasteiger partial charge in [-0.3, -0.25) is 0 Å². The van der Waals surface area contributed by atoms with Gasteiger partial charge < -0.3 is 0 Å². The Morgan fingerprint density at radius 3 is 2.17 bits per heavy atom. The van der Waals surface area contributed by atoms with Crippen molar-refractivity contribution in [2.24, 2.45) is 5.14 Å². The van der Waals surface area contributed by atoms with Gasteiger partial charge in [-0.05, 0) is 0 Å². The summed E-state index contributed by atoms with van der Waals surface area (Å²) in [4.78, 5) is 0. The zero-order valence-electron chi connectivity index (χ0n) is 3.42. The van der Waals surface area contributed by atoms with E-state index in [1.54, 1.807) is 0 Å². The predicted molar refractivity (Wildman–Crippen MR) is 27.2 cm³/mol. The van der Waals surface area contributed by atoms with Gasteiger partial charge in [0.25, 0.3) is 0 Å². The van der Waals surface area contributed by atoms with E-state index in [-0.39, 0.29) is 0 Å². The Balaban J connectivity index is 2.13. The minimum atomic E-state index is -0.756. The van der Waals surface area contributed by atoms with Crippen LogP contribution in [0.1, 0.15) is 12.8 Å².